The summed E-state index contributed by atoms with van der Waals surface area (Å²) in [5.74, 6) is 0.513. The third-order valence-corrected chi connectivity index (χ3v) is 5.44. The van der Waals surface area contributed by atoms with Crippen molar-refractivity contribution in [2.24, 2.45) is 5.92 Å². The first-order valence-electron chi connectivity index (χ1n) is 6.84. The summed E-state index contributed by atoms with van der Waals surface area (Å²) >= 11 is 0. The zero-order valence-electron chi connectivity index (χ0n) is 11.7. The van der Waals surface area contributed by atoms with Crippen molar-refractivity contribution < 1.29 is 13.3 Å². The van der Waals surface area contributed by atoms with Crippen molar-refractivity contribution in [3.63, 3.8) is 0 Å². The molecule has 21 heavy (non-hydrogen) atoms. The van der Waals surface area contributed by atoms with Crippen LogP contribution in [0, 0.1) is 16.0 Å². The Labute approximate surface area is 123 Å². The van der Waals surface area contributed by atoms with Crippen LogP contribution in [0.15, 0.2) is 23.1 Å². The summed E-state index contributed by atoms with van der Waals surface area (Å²) in [7, 11) is -3.45. The van der Waals surface area contributed by atoms with Gasteiger partial charge < -0.3 is 10.2 Å². The number of anilines is 1. The van der Waals surface area contributed by atoms with Gasteiger partial charge in [0.25, 0.3) is 5.69 Å². The van der Waals surface area contributed by atoms with Crippen molar-refractivity contribution in [1.82, 2.24) is 5.32 Å². The summed E-state index contributed by atoms with van der Waals surface area (Å²) in [5.41, 5.74) is 0.383. The number of hydrogen-bond donors (Lipinski definition) is 1. The van der Waals surface area contributed by atoms with E-state index >= 15 is 0 Å². The molecule has 0 saturated carbocycles. The minimum atomic E-state index is -3.45. The molecule has 1 aromatic carbocycles. The van der Waals surface area contributed by atoms with E-state index in [9.17, 15) is 18.5 Å². The molecule has 1 aromatic rings. The van der Waals surface area contributed by atoms with Gasteiger partial charge in [0.15, 0.2) is 9.84 Å². The average molecular weight is 311 g/mol. The number of nitrogens with one attached hydrogen (secondary N) is 1. The van der Waals surface area contributed by atoms with Gasteiger partial charge in [0.1, 0.15) is 5.69 Å². The molecule has 3 rings (SSSR count). The molecular weight excluding hydrogens is 294 g/mol. The van der Waals surface area contributed by atoms with Gasteiger partial charge in [-0.25, -0.2) is 8.42 Å². The highest BCUT2D eigenvalue weighted by Gasteiger charge is 2.39. The second-order valence-electron chi connectivity index (χ2n) is 5.65. The van der Waals surface area contributed by atoms with Crippen LogP contribution in [-0.4, -0.2) is 45.3 Å². The number of fused-ring (bicyclic) bond motifs is 1. The highest BCUT2D eigenvalue weighted by molar-refractivity contribution is 7.90. The van der Waals surface area contributed by atoms with Crippen LogP contribution in [-0.2, 0) is 9.84 Å². The maximum absolute atomic E-state index is 11.6. The van der Waals surface area contributed by atoms with Gasteiger partial charge in [0.05, 0.1) is 9.82 Å². The molecule has 0 unspecified atom stereocenters. The van der Waals surface area contributed by atoms with Crippen LogP contribution in [0.5, 0.6) is 0 Å². The number of hydrogen-bond acceptors (Lipinski definition) is 6. The summed E-state index contributed by atoms with van der Waals surface area (Å²) in [4.78, 5) is 12.8. The van der Waals surface area contributed by atoms with Crippen molar-refractivity contribution in [1.29, 1.82) is 0 Å². The fourth-order valence-electron chi connectivity index (χ4n) is 3.27. The van der Waals surface area contributed by atoms with Gasteiger partial charge in [-0.05, 0) is 24.5 Å². The number of benzene rings is 1. The van der Waals surface area contributed by atoms with E-state index in [1.54, 1.807) is 6.07 Å². The van der Waals surface area contributed by atoms with Gasteiger partial charge >= 0.3 is 0 Å². The van der Waals surface area contributed by atoms with Crippen molar-refractivity contribution >= 4 is 21.2 Å². The first-order valence-corrected chi connectivity index (χ1v) is 8.73. The maximum atomic E-state index is 11.6. The Bertz CT molecular complexity index is 689. The fourth-order valence-corrected chi connectivity index (χ4v) is 3.91. The Morgan fingerprint density at radius 1 is 1.38 bits per heavy atom. The average Bonchev–Trinajstić information content (AvgIpc) is 2.99. The number of nitrogens with zero attached hydrogens (tertiary/aromatic N) is 2. The number of rotatable bonds is 3. The SMILES string of the molecule is CS(=O)(=O)c1ccc(N2CC[C@H]3CNC[C@H]32)c([N+](=O)[O-])c1. The quantitative estimate of drug-likeness (QED) is 0.655. The van der Waals surface area contributed by atoms with Gasteiger partial charge in [0.2, 0.25) is 0 Å². The van der Waals surface area contributed by atoms with Crippen LogP contribution in [0.2, 0.25) is 0 Å². The molecule has 0 spiro atoms. The maximum Gasteiger partial charge on any atom is 0.293 e. The zero-order valence-corrected chi connectivity index (χ0v) is 12.5. The minimum absolute atomic E-state index is 0.0155. The van der Waals surface area contributed by atoms with Crippen LogP contribution >= 0.6 is 0 Å². The normalized spacial score (nSPS) is 25.1. The first-order chi connectivity index (χ1) is 9.88. The van der Waals surface area contributed by atoms with Crippen LogP contribution in [0.25, 0.3) is 0 Å². The molecule has 0 aromatic heterocycles. The molecule has 0 bridgehead atoms. The summed E-state index contributed by atoms with van der Waals surface area (Å²) in [6, 6.07) is 4.44. The molecule has 114 valence electrons. The first kappa shape index (κ1) is 14.3. The van der Waals surface area contributed by atoms with Gasteiger partial charge in [-0.3, -0.25) is 10.1 Å². The molecule has 2 heterocycles. The lowest BCUT2D eigenvalue weighted by Crippen LogP contribution is -2.34. The van der Waals surface area contributed by atoms with Crippen molar-refractivity contribution in [2.75, 3.05) is 30.8 Å². The van der Waals surface area contributed by atoms with Crippen LogP contribution in [0.4, 0.5) is 11.4 Å². The molecular formula is C13H17N3O4S. The third-order valence-electron chi connectivity index (χ3n) is 4.33. The second-order valence-corrected chi connectivity index (χ2v) is 7.66. The van der Waals surface area contributed by atoms with Crippen molar-refractivity contribution in [2.45, 2.75) is 17.4 Å². The monoisotopic (exact) mass is 311 g/mol. The third kappa shape index (κ3) is 2.49. The van der Waals surface area contributed by atoms with Crippen LogP contribution in [0.1, 0.15) is 6.42 Å². The molecule has 2 saturated heterocycles. The molecule has 2 fully saturated rings. The molecule has 1 N–H and O–H groups in total. The Morgan fingerprint density at radius 3 is 2.81 bits per heavy atom. The van der Waals surface area contributed by atoms with E-state index in [2.05, 4.69) is 5.32 Å². The predicted octanol–water partition coefficient (Wildman–Crippen LogP) is 0.796. The van der Waals surface area contributed by atoms with Crippen molar-refractivity contribution in [3.8, 4) is 0 Å². The Hall–Kier alpha value is -1.67. The summed E-state index contributed by atoms with van der Waals surface area (Å²) in [6.45, 7) is 2.53. The Kier molecular flexibility index (Phi) is 3.37. The molecule has 2 atom stereocenters. The number of sulfone groups is 1. The molecule has 0 radical (unpaired) electrons. The Balaban J connectivity index is 2.04. The van der Waals surface area contributed by atoms with E-state index in [1.807, 2.05) is 4.90 Å². The highest BCUT2D eigenvalue weighted by Crippen LogP contribution is 2.38. The van der Waals surface area contributed by atoms with E-state index in [-0.39, 0.29) is 16.6 Å². The van der Waals surface area contributed by atoms with E-state index in [0.29, 0.717) is 11.6 Å². The lowest BCUT2D eigenvalue weighted by Gasteiger charge is -2.25. The van der Waals surface area contributed by atoms with Crippen LogP contribution in [0.3, 0.4) is 0 Å². The topological polar surface area (TPSA) is 92.6 Å². The van der Waals surface area contributed by atoms with E-state index in [0.717, 1.165) is 32.3 Å². The van der Waals surface area contributed by atoms with Crippen LogP contribution < -0.4 is 10.2 Å². The number of nitro groups is 1. The van der Waals surface area contributed by atoms with Crippen molar-refractivity contribution in [3.05, 3.63) is 28.3 Å². The van der Waals surface area contributed by atoms with Gasteiger partial charge in [-0.1, -0.05) is 0 Å². The fraction of sp³-hybridized carbons (Fsp3) is 0.538. The molecule has 2 aliphatic heterocycles. The summed E-state index contributed by atoms with van der Waals surface area (Å²) in [6.07, 6.45) is 2.06. The smallest absolute Gasteiger partial charge is 0.293 e. The largest absolute Gasteiger partial charge is 0.361 e. The molecule has 7 nitrogen and oxygen atoms in total. The molecule has 0 amide bonds. The van der Waals surface area contributed by atoms with Gasteiger partial charge in [-0.2, -0.15) is 0 Å². The minimum Gasteiger partial charge on any atom is -0.361 e. The zero-order chi connectivity index (χ0) is 15.2. The molecule has 0 aliphatic carbocycles. The van der Waals surface area contributed by atoms with Gasteiger partial charge in [0, 0.05) is 38.0 Å². The Morgan fingerprint density at radius 2 is 2.14 bits per heavy atom. The second kappa shape index (κ2) is 4.96. The van der Waals surface area contributed by atoms with E-state index < -0.39 is 14.8 Å². The predicted molar refractivity (Wildman–Crippen MR) is 78.3 cm³/mol. The highest BCUT2D eigenvalue weighted by atomic mass is 32.2. The summed E-state index contributed by atoms with van der Waals surface area (Å²) in [5, 5.41) is 14.6. The lowest BCUT2D eigenvalue weighted by atomic mass is 10.0. The number of nitro benzene ring substituents is 1. The molecule has 8 heteroatoms. The molecule has 2 aliphatic rings. The summed E-state index contributed by atoms with van der Waals surface area (Å²) < 4.78 is 23.2. The standard InChI is InChI=1S/C13H17N3O4S/c1-21(19,20)10-2-3-11(12(6-10)16(17)18)15-5-4-9-7-14-8-13(9)15/h2-3,6,9,13-14H,4-5,7-8H2,1H3/t9-,13+/m0/s1. The van der Waals surface area contributed by atoms with Gasteiger partial charge in [-0.15, -0.1) is 0 Å². The lowest BCUT2D eigenvalue weighted by molar-refractivity contribution is -0.384. The van der Waals surface area contributed by atoms with E-state index in [1.165, 1.54) is 12.1 Å². The van der Waals surface area contributed by atoms with E-state index in [4.69, 9.17) is 0 Å².